The third-order valence-corrected chi connectivity index (χ3v) is 9.42. The van der Waals surface area contributed by atoms with Crippen molar-refractivity contribution < 1.29 is 15.3 Å². The molecule has 3 atom stereocenters. The van der Waals surface area contributed by atoms with Gasteiger partial charge in [0.1, 0.15) is 0 Å². The highest BCUT2D eigenvalue weighted by atomic mass is 31.1. The first kappa shape index (κ1) is 27.0. The van der Waals surface area contributed by atoms with Crippen molar-refractivity contribution in [3.8, 4) is 0 Å². The molecule has 4 heteroatoms. The van der Waals surface area contributed by atoms with Crippen LogP contribution in [0.3, 0.4) is 0 Å². The van der Waals surface area contributed by atoms with Gasteiger partial charge in [-0.25, -0.2) is 0 Å². The van der Waals surface area contributed by atoms with Crippen LogP contribution in [0.4, 0.5) is 0 Å². The van der Waals surface area contributed by atoms with Gasteiger partial charge in [-0.3, -0.25) is 0 Å². The van der Waals surface area contributed by atoms with Gasteiger partial charge in [-0.2, -0.15) is 0 Å². The first-order chi connectivity index (χ1) is 13.7. The molecule has 0 aliphatic rings. The zero-order chi connectivity index (χ0) is 21.0. The van der Waals surface area contributed by atoms with Crippen LogP contribution in [0.5, 0.6) is 0 Å². The second kappa shape index (κ2) is 19.4. The molecular weight excluding hydrogens is 367 g/mol. The Morgan fingerprint density at radius 3 is 1.07 bits per heavy atom. The number of aliphatic hydroxyl groups is 3. The van der Waals surface area contributed by atoms with E-state index in [1.165, 1.54) is 76.6 Å². The van der Waals surface area contributed by atoms with Gasteiger partial charge in [0.05, 0.1) is 18.8 Å². The average molecular weight is 413 g/mol. The van der Waals surface area contributed by atoms with Crippen LogP contribution in [-0.2, 0) is 0 Å². The Balaban J connectivity index is 5.87. The van der Waals surface area contributed by atoms with E-state index in [4.69, 9.17) is 0 Å². The molecule has 0 spiro atoms. The topological polar surface area (TPSA) is 60.7 Å². The lowest BCUT2D eigenvalue weighted by Gasteiger charge is -2.40. The van der Waals surface area contributed by atoms with Gasteiger partial charge in [0.15, 0.2) is 0 Å². The highest BCUT2D eigenvalue weighted by Crippen LogP contribution is 2.58. The minimum absolute atomic E-state index is 0.308. The maximum atomic E-state index is 9.30. The van der Waals surface area contributed by atoms with Gasteiger partial charge >= 0.3 is 0 Å². The van der Waals surface area contributed by atoms with Crippen LogP contribution in [-0.4, -0.2) is 32.3 Å². The summed E-state index contributed by atoms with van der Waals surface area (Å²) in [7, 11) is -0.308. The van der Waals surface area contributed by atoms with Crippen LogP contribution in [0.15, 0.2) is 37.0 Å². The Labute approximate surface area is 175 Å². The van der Waals surface area contributed by atoms with Crippen molar-refractivity contribution >= 4 is 7.92 Å². The maximum Gasteiger partial charge on any atom is 0.0751 e. The van der Waals surface area contributed by atoms with E-state index in [9.17, 15) is 15.3 Å². The number of hydrogen-bond donors (Lipinski definition) is 3. The van der Waals surface area contributed by atoms with Crippen molar-refractivity contribution in [1.29, 1.82) is 0 Å². The lowest BCUT2D eigenvalue weighted by molar-refractivity contribution is 0.469. The first-order valence-electron chi connectivity index (χ1n) is 11.3. The van der Waals surface area contributed by atoms with Gasteiger partial charge in [-0.1, -0.05) is 67.2 Å². The van der Waals surface area contributed by atoms with E-state index in [0.29, 0.717) is 17.0 Å². The third kappa shape index (κ3) is 11.8. The Morgan fingerprint density at radius 2 is 0.857 bits per heavy atom. The molecule has 164 valence electrons. The zero-order valence-electron chi connectivity index (χ0n) is 18.5. The largest absolute Gasteiger partial charge is 0.516 e. The van der Waals surface area contributed by atoms with Gasteiger partial charge in [-0.15, -0.1) is 0 Å². The Hall–Kier alpha value is -0.950. The van der Waals surface area contributed by atoms with E-state index in [0.717, 1.165) is 19.3 Å². The molecule has 0 aliphatic carbocycles. The molecule has 3 nitrogen and oxygen atoms in total. The highest BCUT2D eigenvalue weighted by Gasteiger charge is 2.33. The molecule has 0 rings (SSSR count). The number of allylic oxidation sites excluding steroid dienone is 3. The van der Waals surface area contributed by atoms with E-state index in [1.54, 1.807) is 0 Å². The molecule has 0 aromatic rings. The fourth-order valence-corrected chi connectivity index (χ4v) is 8.36. The molecule has 28 heavy (non-hydrogen) atoms. The molecular formula is C24H45O3P. The number of hydrogen-bond acceptors (Lipinski definition) is 3. The molecule has 3 N–H and O–H groups in total. The summed E-state index contributed by atoms with van der Waals surface area (Å²) in [6.07, 6.45) is 23.0. The first-order valence-corrected chi connectivity index (χ1v) is 12.9. The number of rotatable bonds is 18. The third-order valence-electron chi connectivity index (χ3n) is 5.48. The molecule has 0 aromatic carbocycles. The van der Waals surface area contributed by atoms with Gasteiger partial charge in [0, 0.05) is 0 Å². The van der Waals surface area contributed by atoms with Crippen LogP contribution >= 0.6 is 7.92 Å². The van der Waals surface area contributed by atoms with E-state index >= 15 is 0 Å². The fourth-order valence-electron chi connectivity index (χ4n) is 4.03. The predicted molar refractivity (Wildman–Crippen MR) is 126 cm³/mol. The van der Waals surface area contributed by atoms with Gasteiger partial charge in [0.25, 0.3) is 0 Å². The van der Waals surface area contributed by atoms with Crippen LogP contribution < -0.4 is 0 Å². The molecule has 0 saturated heterocycles. The molecule has 0 aliphatic heterocycles. The molecule has 0 bridgehead atoms. The van der Waals surface area contributed by atoms with Gasteiger partial charge in [-0.05, 0) is 73.7 Å². The SMILES string of the molecule is CCCCC(CC=CO)P(C(CC=CO)CCCC)C(CC=CO)CCCC. The molecule has 3 unspecified atom stereocenters. The minimum Gasteiger partial charge on any atom is -0.516 e. The van der Waals surface area contributed by atoms with Crippen LogP contribution in [0.2, 0.25) is 0 Å². The van der Waals surface area contributed by atoms with E-state index in [1.807, 2.05) is 18.2 Å². The van der Waals surface area contributed by atoms with Crippen molar-refractivity contribution in [2.24, 2.45) is 0 Å². The van der Waals surface area contributed by atoms with E-state index < -0.39 is 0 Å². The number of unbranched alkanes of at least 4 members (excludes halogenated alkanes) is 3. The predicted octanol–water partition coefficient (Wildman–Crippen LogP) is 8.53. The standard InChI is InChI=1S/C24H45O3P/c1-4-7-13-22(16-10-19-25)28(23(14-8-5-2)17-11-20-26)24(15-9-6-3)18-12-21-27/h10-12,19-27H,4-9,13-18H2,1-3H3. The quantitative estimate of drug-likeness (QED) is 0.156. The van der Waals surface area contributed by atoms with E-state index in [2.05, 4.69) is 20.8 Å². The molecule has 0 radical (unpaired) electrons. The average Bonchev–Trinajstić information content (AvgIpc) is 2.72. The molecule has 0 fully saturated rings. The van der Waals surface area contributed by atoms with Crippen molar-refractivity contribution in [3.05, 3.63) is 37.0 Å². The fraction of sp³-hybridized carbons (Fsp3) is 0.750. The Bertz CT molecular complexity index is 358. The van der Waals surface area contributed by atoms with Gasteiger partial charge < -0.3 is 15.3 Å². The molecule has 0 heterocycles. The van der Waals surface area contributed by atoms with Crippen molar-refractivity contribution in [2.75, 3.05) is 0 Å². The Kier molecular flexibility index (Phi) is 18.7. The lowest BCUT2D eigenvalue weighted by Crippen LogP contribution is -2.24. The van der Waals surface area contributed by atoms with Crippen LogP contribution in [0, 0.1) is 0 Å². The maximum absolute atomic E-state index is 9.30. The highest BCUT2D eigenvalue weighted by molar-refractivity contribution is 7.60. The smallest absolute Gasteiger partial charge is 0.0751 e. The summed E-state index contributed by atoms with van der Waals surface area (Å²) in [5.41, 5.74) is 1.75. The summed E-state index contributed by atoms with van der Waals surface area (Å²) in [5, 5.41) is 27.9. The van der Waals surface area contributed by atoms with Crippen LogP contribution in [0.1, 0.15) is 97.8 Å². The zero-order valence-corrected chi connectivity index (χ0v) is 19.4. The second-order valence-electron chi connectivity index (χ2n) is 7.70. The molecule has 0 amide bonds. The van der Waals surface area contributed by atoms with Gasteiger partial charge in [0.2, 0.25) is 0 Å². The van der Waals surface area contributed by atoms with E-state index in [-0.39, 0.29) is 7.92 Å². The summed E-state index contributed by atoms with van der Waals surface area (Å²) >= 11 is 0. The van der Waals surface area contributed by atoms with Crippen molar-refractivity contribution in [2.45, 2.75) is 115 Å². The van der Waals surface area contributed by atoms with Crippen LogP contribution in [0.25, 0.3) is 0 Å². The normalized spacial score (nSPS) is 16.8. The van der Waals surface area contributed by atoms with Crippen molar-refractivity contribution in [1.82, 2.24) is 0 Å². The summed E-state index contributed by atoms with van der Waals surface area (Å²) in [5.74, 6) is 0. The second-order valence-corrected chi connectivity index (χ2v) is 10.8. The summed E-state index contributed by atoms with van der Waals surface area (Å²) in [4.78, 5) is 0. The van der Waals surface area contributed by atoms with Crippen molar-refractivity contribution in [3.63, 3.8) is 0 Å². The molecule has 0 aromatic heterocycles. The molecule has 0 saturated carbocycles. The number of aliphatic hydroxyl groups excluding tert-OH is 3. The summed E-state index contributed by atoms with van der Waals surface area (Å²) in [6, 6.07) is 0. The Morgan fingerprint density at radius 1 is 0.571 bits per heavy atom. The monoisotopic (exact) mass is 412 g/mol. The summed E-state index contributed by atoms with van der Waals surface area (Å²) in [6.45, 7) is 6.73. The lowest BCUT2D eigenvalue weighted by atomic mass is 10.1. The summed E-state index contributed by atoms with van der Waals surface area (Å²) < 4.78 is 0. The minimum atomic E-state index is -0.308.